The van der Waals surface area contributed by atoms with Crippen LogP contribution in [0.25, 0.3) is 61.0 Å². The fourth-order valence-electron chi connectivity index (χ4n) is 6.80. The summed E-state index contributed by atoms with van der Waals surface area (Å²) in [6.07, 6.45) is 19.5. The number of anilines is 2. The van der Waals surface area contributed by atoms with Crippen LogP contribution in [0.5, 0.6) is 0 Å². The van der Waals surface area contributed by atoms with E-state index in [1.54, 1.807) is 6.08 Å². The van der Waals surface area contributed by atoms with Gasteiger partial charge >= 0.3 is 0 Å². The average Bonchev–Trinajstić information content (AvgIpc) is 3.49. The van der Waals surface area contributed by atoms with Crippen LogP contribution in [0.3, 0.4) is 0 Å². The van der Waals surface area contributed by atoms with Crippen molar-refractivity contribution in [2.24, 2.45) is 0 Å². The molecule has 7 rings (SSSR count). The molecule has 6 aromatic carbocycles. The van der Waals surface area contributed by atoms with Crippen LogP contribution in [0, 0.1) is 25.2 Å². The van der Waals surface area contributed by atoms with Gasteiger partial charge in [0.1, 0.15) is 0 Å². The van der Waals surface area contributed by atoms with Gasteiger partial charge in [-0.25, -0.2) is 0 Å². The van der Waals surface area contributed by atoms with Gasteiger partial charge in [0.05, 0.1) is 11.0 Å². The highest BCUT2D eigenvalue weighted by atomic mass is 15.0. The standard InChI is InChI=1S/C45H37N3.C2H2/c1-5-14-31(7-3)34-24-35(32-16-10-8-11-17-32)26-37(25-34)48-43-23-22-42(47-36-18-12-9-13-19-36)41(29-46)45(43)40-28-39-33(27-44(40)48)21-20-30(4)38(39)15-6-2;1-2/h5-29,46-47H,1,3H2,2,4H3;1-2H/b15-6-,31-14+,46-29?;. The van der Waals surface area contributed by atoms with Gasteiger partial charge in [0.2, 0.25) is 0 Å². The highest BCUT2D eigenvalue weighted by Gasteiger charge is 2.20. The molecule has 0 atom stereocenters. The zero-order chi connectivity index (χ0) is 35.2. The number of terminal acetylenes is 1. The van der Waals surface area contributed by atoms with Crippen molar-refractivity contribution in [2.45, 2.75) is 13.8 Å². The molecule has 0 radical (unpaired) electrons. The number of hydrogen-bond acceptors (Lipinski definition) is 2. The van der Waals surface area contributed by atoms with E-state index in [1.807, 2.05) is 48.6 Å². The molecule has 1 aromatic heterocycles. The SMILES string of the molecule is C#C.C=C/C=C(\C=C)c1cc(-c2ccccc2)cc(-n2c3cc4ccc(C)c(/C=C\C)c4cc3c3c(C=N)c(Nc4ccccc4)ccc32)c1. The molecule has 0 aliphatic carbocycles. The Hall–Kier alpha value is -6.63. The third-order valence-corrected chi connectivity index (χ3v) is 9.03. The van der Waals surface area contributed by atoms with Gasteiger partial charge in [-0.1, -0.05) is 104 Å². The normalized spacial score (nSPS) is 11.4. The molecule has 0 fully saturated rings. The van der Waals surface area contributed by atoms with Crippen molar-refractivity contribution in [3.8, 4) is 29.7 Å². The third kappa shape index (κ3) is 6.07. The van der Waals surface area contributed by atoms with Gasteiger partial charge in [-0.05, 0) is 113 Å². The molecule has 0 saturated heterocycles. The number of rotatable bonds is 9. The van der Waals surface area contributed by atoms with Crippen molar-refractivity contribution in [3.63, 3.8) is 0 Å². The average molecular weight is 646 g/mol. The Morgan fingerprint density at radius 1 is 0.760 bits per heavy atom. The summed E-state index contributed by atoms with van der Waals surface area (Å²) >= 11 is 0. The highest BCUT2D eigenvalue weighted by Crippen LogP contribution is 2.41. The molecule has 0 spiro atoms. The minimum absolute atomic E-state index is 0.845. The molecule has 0 aliphatic rings. The molecular formula is C47H39N3. The Balaban J connectivity index is 0.00000212. The highest BCUT2D eigenvalue weighted by molar-refractivity contribution is 6.21. The minimum atomic E-state index is 0.845. The molecule has 0 aliphatic heterocycles. The van der Waals surface area contributed by atoms with Crippen molar-refractivity contribution < 1.29 is 0 Å². The van der Waals surface area contributed by atoms with E-state index < -0.39 is 0 Å². The Bertz CT molecular complexity index is 2470. The molecular weight excluding hydrogens is 607 g/mol. The van der Waals surface area contributed by atoms with Gasteiger partial charge in [0.25, 0.3) is 0 Å². The quantitative estimate of drug-likeness (QED) is 0.0915. The van der Waals surface area contributed by atoms with Crippen LogP contribution in [-0.2, 0) is 0 Å². The molecule has 7 aromatic rings. The zero-order valence-electron chi connectivity index (χ0n) is 28.4. The maximum absolute atomic E-state index is 8.72. The molecule has 0 bridgehead atoms. The third-order valence-electron chi connectivity index (χ3n) is 9.03. The largest absolute Gasteiger partial charge is 0.355 e. The molecule has 242 valence electrons. The lowest BCUT2D eigenvalue weighted by atomic mass is 9.96. The number of para-hydroxylation sites is 1. The topological polar surface area (TPSA) is 40.8 Å². The number of allylic oxidation sites excluding steroid dienone is 5. The summed E-state index contributed by atoms with van der Waals surface area (Å²) in [5, 5.41) is 16.8. The lowest BCUT2D eigenvalue weighted by Crippen LogP contribution is -1.99. The number of aryl methyl sites for hydroxylation is 1. The number of benzene rings is 6. The van der Waals surface area contributed by atoms with E-state index in [9.17, 15) is 0 Å². The van der Waals surface area contributed by atoms with Crippen LogP contribution in [-0.4, -0.2) is 10.8 Å². The summed E-state index contributed by atoms with van der Waals surface area (Å²) in [5.41, 5.74) is 12.6. The molecule has 3 heteroatoms. The predicted molar refractivity (Wildman–Crippen MR) is 219 cm³/mol. The Kier molecular flexibility index (Phi) is 9.75. The first kappa shape index (κ1) is 33.3. The number of fused-ring (bicyclic) bond motifs is 4. The van der Waals surface area contributed by atoms with E-state index in [-0.39, 0.29) is 0 Å². The Morgan fingerprint density at radius 3 is 2.18 bits per heavy atom. The van der Waals surface area contributed by atoms with Crippen LogP contribution in [0.4, 0.5) is 11.4 Å². The van der Waals surface area contributed by atoms with Gasteiger partial charge in [-0.15, -0.1) is 12.8 Å². The molecule has 3 nitrogen and oxygen atoms in total. The number of nitrogens with zero attached hydrogens (tertiary/aromatic N) is 1. The van der Waals surface area contributed by atoms with Crippen LogP contribution in [0.15, 0.2) is 153 Å². The second kappa shape index (κ2) is 14.6. The number of aromatic nitrogens is 1. The zero-order valence-corrected chi connectivity index (χ0v) is 28.4. The van der Waals surface area contributed by atoms with Crippen molar-refractivity contribution in [1.82, 2.24) is 4.57 Å². The molecule has 2 N–H and O–H groups in total. The number of hydrogen-bond donors (Lipinski definition) is 2. The van der Waals surface area contributed by atoms with E-state index in [1.165, 1.54) is 28.1 Å². The summed E-state index contributed by atoms with van der Waals surface area (Å²) < 4.78 is 2.35. The van der Waals surface area contributed by atoms with Gasteiger partial charge in [0.15, 0.2) is 0 Å². The van der Waals surface area contributed by atoms with Crippen LogP contribution in [0.1, 0.15) is 29.2 Å². The molecule has 0 amide bonds. The minimum Gasteiger partial charge on any atom is -0.355 e. The lowest BCUT2D eigenvalue weighted by Gasteiger charge is -2.15. The van der Waals surface area contributed by atoms with Gasteiger partial charge in [-0.2, -0.15) is 0 Å². The second-order valence-electron chi connectivity index (χ2n) is 12.0. The van der Waals surface area contributed by atoms with Gasteiger partial charge in [0, 0.05) is 39.6 Å². The van der Waals surface area contributed by atoms with Crippen LogP contribution >= 0.6 is 0 Å². The second-order valence-corrected chi connectivity index (χ2v) is 12.0. The summed E-state index contributed by atoms with van der Waals surface area (Å²) in [4.78, 5) is 0. The summed E-state index contributed by atoms with van der Waals surface area (Å²) in [5.74, 6) is 0. The number of nitrogens with one attached hydrogen (secondary N) is 2. The maximum Gasteiger partial charge on any atom is 0.0549 e. The first-order chi connectivity index (χ1) is 24.5. The lowest BCUT2D eigenvalue weighted by molar-refractivity contribution is 1.18. The maximum atomic E-state index is 8.72. The summed E-state index contributed by atoms with van der Waals surface area (Å²) in [6, 6.07) is 40.6. The van der Waals surface area contributed by atoms with Gasteiger partial charge < -0.3 is 15.3 Å². The molecule has 50 heavy (non-hydrogen) atoms. The molecule has 1 heterocycles. The fourth-order valence-corrected chi connectivity index (χ4v) is 6.80. The predicted octanol–water partition coefficient (Wildman–Crippen LogP) is 12.7. The Labute approximate surface area is 294 Å². The van der Waals surface area contributed by atoms with Crippen LogP contribution in [0.2, 0.25) is 0 Å². The summed E-state index contributed by atoms with van der Waals surface area (Å²) in [7, 11) is 0. The van der Waals surface area contributed by atoms with Gasteiger partial charge in [-0.3, -0.25) is 0 Å². The van der Waals surface area contributed by atoms with E-state index in [0.29, 0.717) is 0 Å². The molecule has 0 unspecified atom stereocenters. The van der Waals surface area contributed by atoms with E-state index >= 15 is 0 Å². The van der Waals surface area contributed by atoms with Crippen molar-refractivity contribution in [3.05, 3.63) is 175 Å². The van der Waals surface area contributed by atoms with Crippen molar-refractivity contribution >= 4 is 61.8 Å². The van der Waals surface area contributed by atoms with E-state index in [2.05, 4.69) is 141 Å². The smallest absolute Gasteiger partial charge is 0.0549 e. The Morgan fingerprint density at radius 2 is 1.50 bits per heavy atom. The first-order valence-corrected chi connectivity index (χ1v) is 16.5. The van der Waals surface area contributed by atoms with Crippen molar-refractivity contribution in [2.75, 3.05) is 5.32 Å². The summed E-state index contributed by atoms with van der Waals surface area (Å²) in [6.45, 7) is 12.3. The first-order valence-electron chi connectivity index (χ1n) is 16.5. The van der Waals surface area contributed by atoms with Crippen molar-refractivity contribution in [1.29, 1.82) is 5.41 Å². The fraction of sp³-hybridized carbons (Fsp3) is 0.0426. The monoisotopic (exact) mass is 645 g/mol. The van der Waals surface area contributed by atoms with Crippen LogP contribution < -0.4 is 5.32 Å². The van der Waals surface area contributed by atoms with E-state index in [4.69, 9.17) is 5.41 Å². The molecule has 0 saturated carbocycles. The van der Waals surface area contributed by atoms with E-state index in [0.717, 1.165) is 66.7 Å².